The van der Waals surface area contributed by atoms with Gasteiger partial charge >= 0.3 is 6.01 Å². The fraction of sp³-hybridized carbons (Fsp3) is 0.211. The smallest absolute Gasteiger partial charge is 0.322 e. The fourth-order valence-electron chi connectivity index (χ4n) is 2.35. The predicted molar refractivity (Wildman–Crippen MR) is 104 cm³/mol. The third kappa shape index (κ3) is 5.21. The van der Waals surface area contributed by atoms with Crippen LogP contribution in [0, 0.1) is 13.8 Å². The Morgan fingerprint density at radius 2 is 1.93 bits per heavy atom. The number of hydrogen-bond acceptors (Lipinski definition) is 5. The molecule has 0 saturated heterocycles. The molecule has 0 radical (unpaired) electrons. The lowest BCUT2D eigenvalue weighted by atomic mass is 10.0. The zero-order valence-corrected chi connectivity index (χ0v) is 16.3. The highest BCUT2D eigenvalue weighted by Crippen LogP contribution is 2.27. The van der Waals surface area contributed by atoms with Crippen LogP contribution in [-0.2, 0) is 11.2 Å². The van der Waals surface area contributed by atoms with Crippen molar-refractivity contribution in [3.05, 3.63) is 69.0 Å². The van der Waals surface area contributed by atoms with E-state index in [1.165, 1.54) is 17.2 Å². The Labute approximate surface area is 166 Å². The molecule has 3 rings (SSSR count). The van der Waals surface area contributed by atoms with Crippen molar-refractivity contribution < 1.29 is 13.9 Å². The van der Waals surface area contributed by atoms with Gasteiger partial charge in [-0.15, -0.1) is 5.10 Å². The zero-order valence-electron chi connectivity index (χ0n) is 14.8. The molecule has 0 atom stereocenters. The van der Waals surface area contributed by atoms with E-state index in [1.807, 2.05) is 19.1 Å². The molecule has 0 aliphatic rings. The van der Waals surface area contributed by atoms with E-state index in [0.29, 0.717) is 28.1 Å². The number of nitrogens with one attached hydrogen (secondary N) is 1. The highest BCUT2D eigenvalue weighted by molar-refractivity contribution is 6.35. The highest BCUT2D eigenvalue weighted by Gasteiger charge is 2.12. The van der Waals surface area contributed by atoms with Crippen LogP contribution in [0.4, 0.5) is 6.01 Å². The third-order valence-corrected chi connectivity index (χ3v) is 4.42. The average molecular weight is 406 g/mol. The maximum absolute atomic E-state index is 12.0. The number of rotatable bonds is 6. The number of anilines is 1. The third-order valence-electron chi connectivity index (χ3n) is 3.89. The Balaban J connectivity index is 1.55. The topological polar surface area (TPSA) is 77.2 Å². The van der Waals surface area contributed by atoms with Gasteiger partial charge in [-0.1, -0.05) is 46.5 Å². The molecule has 0 spiro atoms. The van der Waals surface area contributed by atoms with Crippen LogP contribution in [0.25, 0.3) is 0 Å². The van der Waals surface area contributed by atoms with E-state index in [0.717, 1.165) is 5.56 Å². The van der Waals surface area contributed by atoms with Gasteiger partial charge in [0.15, 0.2) is 6.61 Å². The van der Waals surface area contributed by atoms with Gasteiger partial charge in [0.25, 0.3) is 5.91 Å². The molecule has 140 valence electrons. The summed E-state index contributed by atoms with van der Waals surface area (Å²) in [6.07, 6.45) is 0.487. The molecule has 0 aliphatic carbocycles. The van der Waals surface area contributed by atoms with Gasteiger partial charge < -0.3 is 9.15 Å². The number of benzene rings is 2. The SMILES string of the molecule is Cc1ccc(Cc2nnc(NC(=O)COc3ccc(Cl)cc3Cl)o2)cc1C. The van der Waals surface area contributed by atoms with Crippen molar-refractivity contribution >= 4 is 35.1 Å². The van der Waals surface area contributed by atoms with Crippen LogP contribution in [0.15, 0.2) is 40.8 Å². The van der Waals surface area contributed by atoms with Crippen LogP contribution in [0.2, 0.25) is 10.0 Å². The first-order valence-corrected chi connectivity index (χ1v) is 8.92. The minimum atomic E-state index is -0.442. The highest BCUT2D eigenvalue weighted by atomic mass is 35.5. The molecule has 1 N–H and O–H groups in total. The van der Waals surface area contributed by atoms with Crippen molar-refractivity contribution in [3.63, 3.8) is 0 Å². The molecule has 8 heteroatoms. The molecular weight excluding hydrogens is 389 g/mol. The second-order valence-corrected chi connectivity index (χ2v) is 6.85. The van der Waals surface area contributed by atoms with E-state index in [9.17, 15) is 4.79 Å². The Morgan fingerprint density at radius 3 is 2.67 bits per heavy atom. The van der Waals surface area contributed by atoms with Crippen molar-refractivity contribution in [2.24, 2.45) is 0 Å². The first kappa shape index (κ1) is 19.2. The number of aryl methyl sites for hydroxylation is 2. The van der Waals surface area contributed by atoms with E-state index >= 15 is 0 Å². The van der Waals surface area contributed by atoms with Gasteiger partial charge in [-0.25, -0.2) is 0 Å². The van der Waals surface area contributed by atoms with Gasteiger partial charge in [-0.05, 0) is 48.7 Å². The molecule has 0 fully saturated rings. The number of carbonyl (C=O) groups excluding carboxylic acids is 1. The summed E-state index contributed by atoms with van der Waals surface area (Å²) in [7, 11) is 0. The largest absolute Gasteiger partial charge is 0.482 e. The molecule has 0 bridgehead atoms. The molecule has 27 heavy (non-hydrogen) atoms. The summed E-state index contributed by atoms with van der Waals surface area (Å²) >= 11 is 11.8. The number of amides is 1. The monoisotopic (exact) mass is 405 g/mol. The summed E-state index contributed by atoms with van der Waals surface area (Å²) in [6.45, 7) is 3.85. The van der Waals surface area contributed by atoms with Crippen LogP contribution >= 0.6 is 23.2 Å². The molecule has 3 aromatic rings. The second-order valence-electron chi connectivity index (χ2n) is 6.01. The van der Waals surface area contributed by atoms with Crippen LogP contribution in [-0.4, -0.2) is 22.7 Å². The van der Waals surface area contributed by atoms with Gasteiger partial charge in [0, 0.05) is 5.02 Å². The minimum absolute atomic E-state index is 0.0182. The maximum atomic E-state index is 12.0. The summed E-state index contributed by atoms with van der Waals surface area (Å²) < 4.78 is 10.8. The summed E-state index contributed by atoms with van der Waals surface area (Å²) in [5.41, 5.74) is 3.47. The molecular formula is C19H17Cl2N3O3. The van der Waals surface area contributed by atoms with Crippen molar-refractivity contribution in [2.75, 3.05) is 11.9 Å². The molecule has 6 nitrogen and oxygen atoms in total. The number of aromatic nitrogens is 2. The Bertz CT molecular complexity index is 973. The fourth-order valence-corrected chi connectivity index (χ4v) is 2.82. The Hall–Kier alpha value is -2.57. The van der Waals surface area contributed by atoms with E-state index in [-0.39, 0.29) is 12.6 Å². The summed E-state index contributed by atoms with van der Waals surface area (Å²) in [4.78, 5) is 12.0. The standard InChI is InChI=1S/C19H17Cl2N3O3/c1-11-3-4-13(7-12(11)2)8-18-23-24-19(27-18)22-17(25)10-26-16-6-5-14(20)9-15(16)21/h3-7,9H,8,10H2,1-2H3,(H,22,24,25). The normalized spacial score (nSPS) is 10.7. The zero-order chi connectivity index (χ0) is 19.4. The van der Waals surface area contributed by atoms with Crippen molar-refractivity contribution in [3.8, 4) is 5.75 Å². The number of nitrogens with zero attached hydrogens (tertiary/aromatic N) is 2. The van der Waals surface area contributed by atoms with Crippen molar-refractivity contribution in [2.45, 2.75) is 20.3 Å². The van der Waals surface area contributed by atoms with Crippen LogP contribution in [0.5, 0.6) is 5.75 Å². The van der Waals surface area contributed by atoms with Crippen LogP contribution in [0.1, 0.15) is 22.6 Å². The molecule has 2 aromatic carbocycles. The molecule has 1 heterocycles. The van der Waals surface area contributed by atoms with E-state index in [2.05, 4.69) is 28.5 Å². The lowest BCUT2D eigenvalue weighted by Gasteiger charge is -2.07. The number of hydrogen-bond donors (Lipinski definition) is 1. The van der Waals surface area contributed by atoms with E-state index in [1.54, 1.807) is 12.1 Å². The van der Waals surface area contributed by atoms with Crippen LogP contribution in [0.3, 0.4) is 0 Å². The van der Waals surface area contributed by atoms with Crippen LogP contribution < -0.4 is 10.1 Å². The van der Waals surface area contributed by atoms with Gasteiger partial charge in [0.2, 0.25) is 5.89 Å². The predicted octanol–water partition coefficient (Wildman–Crippen LogP) is 4.60. The van der Waals surface area contributed by atoms with Gasteiger partial charge in [0.1, 0.15) is 5.75 Å². The van der Waals surface area contributed by atoms with Gasteiger partial charge in [-0.2, -0.15) is 0 Å². The van der Waals surface area contributed by atoms with E-state index in [4.69, 9.17) is 32.4 Å². The van der Waals surface area contributed by atoms with Gasteiger partial charge in [-0.3, -0.25) is 10.1 Å². The number of ether oxygens (including phenoxy) is 1. The maximum Gasteiger partial charge on any atom is 0.322 e. The second kappa shape index (κ2) is 8.41. The average Bonchev–Trinajstić information content (AvgIpc) is 3.04. The number of carbonyl (C=O) groups is 1. The lowest BCUT2D eigenvalue weighted by Crippen LogP contribution is -2.20. The molecule has 1 aromatic heterocycles. The first-order valence-electron chi connectivity index (χ1n) is 8.17. The first-order chi connectivity index (χ1) is 12.9. The molecule has 1 amide bonds. The lowest BCUT2D eigenvalue weighted by molar-refractivity contribution is -0.118. The Morgan fingerprint density at radius 1 is 1.11 bits per heavy atom. The quantitative estimate of drug-likeness (QED) is 0.647. The summed E-state index contributed by atoms with van der Waals surface area (Å²) in [5.74, 6) is 0.329. The van der Waals surface area contributed by atoms with Gasteiger partial charge in [0.05, 0.1) is 11.4 Å². The summed E-state index contributed by atoms with van der Waals surface area (Å²) in [6, 6.07) is 10.9. The molecule has 0 unspecified atom stereocenters. The van der Waals surface area contributed by atoms with E-state index < -0.39 is 5.91 Å². The van der Waals surface area contributed by atoms with Crippen molar-refractivity contribution in [1.29, 1.82) is 0 Å². The molecule has 0 aliphatic heterocycles. The molecule has 0 saturated carbocycles. The minimum Gasteiger partial charge on any atom is -0.482 e. The van der Waals surface area contributed by atoms with Crippen molar-refractivity contribution in [1.82, 2.24) is 10.2 Å². The Kier molecular flexibility index (Phi) is 5.98. The summed E-state index contributed by atoms with van der Waals surface area (Å²) in [5, 5.41) is 11.1. The number of halogens is 2.